The number of benzene rings is 1. The van der Waals surface area contributed by atoms with E-state index in [0.717, 1.165) is 29.0 Å². The fourth-order valence-electron chi connectivity index (χ4n) is 3.75. The van der Waals surface area contributed by atoms with Crippen molar-refractivity contribution in [3.05, 3.63) is 62.8 Å². The van der Waals surface area contributed by atoms with E-state index in [-0.39, 0.29) is 23.1 Å². The van der Waals surface area contributed by atoms with Crippen molar-refractivity contribution in [3.8, 4) is 0 Å². The van der Waals surface area contributed by atoms with Crippen LogP contribution in [-0.2, 0) is 6.42 Å². The molecule has 1 amide bonds. The number of pyridine rings is 1. The van der Waals surface area contributed by atoms with Crippen LogP contribution in [0, 0.1) is 20.8 Å². The molecular formula is C23H31N5O2. The zero-order chi connectivity index (χ0) is 22.0. The number of H-pyrrole nitrogens is 1. The van der Waals surface area contributed by atoms with E-state index in [2.05, 4.69) is 35.2 Å². The van der Waals surface area contributed by atoms with Gasteiger partial charge in [-0.1, -0.05) is 6.07 Å². The lowest BCUT2D eigenvalue weighted by atomic mass is 10.1. The molecule has 0 saturated carbocycles. The average molecular weight is 410 g/mol. The van der Waals surface area contributed by atoms with E-state index in [9.17, 15) is 9.59 Å². The molecule has 7 heteroatoms. The van der Waals surface area contributed by atoms with Gasteiger partial charge in [0.25, 0.3) is 11.5 Å². The van der Waals surface area contributed by atoms with Gasteiger partial charge in [-0.2, -0.15) is 0 Å². The summed E-state index contributed by atoms with van der Waals surface area (Å²) in [5.41, 5.74) is 4.96. The van der Waals surface area contributed by atoms with Crippen molar-refractivity contribution in [1.29, 1.82) is 0 Å². The van der Waals surface area contributed by atoms with Gasteiger partial charge in [0.05, 0.1) is 11.0 Å². The van der Waals surface area contributed by atoms with Crippen LogP contribution in [0.5, 0.6) is 0 Å². The lowest BCUT2D eigenvalue weighted by molar-refractivity contribution is 0.0951. The Morgan fingerprint density at radius 1 is 1.20 bits per heavy atom. The fraction of sp³-hybridized carbons (Fsp3) is 0.435. The summed E-state index contributed by atoms with van der Waals surface area (Å²) in [6.07, 6.45) is 2.33. The lowest BCUT2D eigenvalue weighted by Crippen LogP contribution is -2.37. The van der Waals surface area contributed by atoms with Gasteiger partial charge in [0.15, 0.2) is 0 Å². The SMILES string of the molecule is Cc1ccn(C(C)CN(C)C)c(=O)c1C(=O)NCCc1nc2c(C)c(C)ccc2[nH]1. The normalized spacial score (nSPS) is 12.5. The maximum atomic E-state index is 12.9. The third-order valence-electron chi connectivity index (χ3n) is 5.53. The molecule has 30 heavy (non-hydrogen) atoms. The molecule has 0 fully saturated rings. The number of nitrogens with one attached hydrogen (secondary N) is 2. The smallest absolute Gasteiger partial charge is 0.263 e. The number of rotatable bonds is 7. The second kappa shape index (κ2) is 8.83. The van der Waals surface area contributed by atoms with E-state index in [0.29, 0.717) is 18.5 Å². The van der Waals surface area contributed by atoms with Gasteiger partial charge in [-0.15, -0.1) is 0 Å². The number of aromatic nitrogens is 3. The molecule has 2 N–H and O–H groups in total. The molecule has 2 aromatic heterocycles. The van der Waals surface area contributed by atoms with Gasteiger partial charge in [0.2, 0.25) is 0 Å². The molecular weight excluding hydrogens is 378 g/mol. The van der Waals surface area contributed by atoms with E-state index in [1.165, 1.54) is 5.56 Å². The monoisotopic (exact) mass is 409 g/mol. The molecule has 0 saturated heterocycles. The standard InChI is InChI=1S/C23H31N5O2/c1-14-7-8-18-21(17(14)4)26-19(25-18)9-11-24-22(29)20-15(2)10-12-28(23(20)30)16(3)13-27(5)6/h7-8,10,12,16H,9,11,13H2,1-6H3,(H,24,29)(H,25,26). The van der Waals surface area contributed by atoms with Crippen molar-refractivity contribution in [2.75, 3.05) is 27.2 Å². The van der Waals surface area contributed by atoms with Gasteiger partial charge in [-0.25, -0.2) is 4.98 Å². The molecule has 160 valence electrons. The Labute approximate surface area is 177 Å². The van der Waals surface area contributed by atoms with Crippen LogP contribution in [0.15, 0.2) is 29.2 Å². The molecule has 7 nitrogen and oxygen atoms in total. The van der Waals surface area contributed by atoms with Crippen LogP contribution in [0.25, 0.3) is 11.0 Å². The Morgan fingerprint density at radius 3 is 2.63 bits per heavy atom. The summed E-state index contributed by atoms with van der Waals surface area (Å²) in [6.45, 7) is 9.01. The summed E-state index contributed by atoms with van der Waals surface area (Å²) in [6, 6.07) is 5.90. The van der Waals surface area contributed by atoms with Crippen LogP contribution in [0.2, 0.25) is 0 Å². The van der Waals surface area contributed by atoms with Gasteiger partial charge in [0.1, 0.15) is 11.4 Å². The second-order valence-electron chi connectivity index (χ2n) is 8.29. The number of likely N-dealkylation sites (N-methyl/N-ethyl adjacent to an activating group) is 1. The van der Waals surface area contributed by atoms with E-state index in [4.69, 9.17) is 0 Å². The molecule has 0 aliphatic heterocycles. The van der Waals surface area contributed by atoms with E-state index in [1.807, 2.05) is 38.1 Å². The molecule has 0 aliphatic carbocycles. The fourth-order valence-corrected chi connectivity index (χ4v) is 3.75. The van der Waals surface area contributed by atoms with E-state index < -0.39 is 0 Å². The van der Waals surface area contributed by atoms with Crippen molar-refractivity contribution in [2.24, 2.45) is 0 Å². The van der Waals surface area contributed by atoms with Crippen LogP contribution in [0.3, 0.4) is 0 Å². The van der Waals surface area contributed by atoms with Gasteiger partial charge >= 0.3 is 0 Å². The first-order valence-electron chi connectivity index (χ1n) is 10.3. The highest BCUT2D eigenvalue weighted by Gasteiger charge is 2.18. The van der Waals surface area contributed by atoms with E-state index >= 15 is 0 Å². The van der Waals surface area contributed by atoms with Gasteiger partial charge in [-0.05, 0) is 70.6 Å². The summed E-state index contributed by atoms with van der Waals surface area (Å²) in [5.74, 6) is 0.479. The average Bonchev–Trinajstić information content (AvgIpc) is 3.08. The van der Waals surface area contributed by atoms with Crippen LogP contribution < -0.4 is 10.9 Å². The Bertz CT molecular complexity index is 1130. The predicted molar refractivity (Wildman–Crippen MR) is 120 cm³/mol. The topological polar surface area (TPSA) is 83.0 Å². The van der Waals surface area contributed by atoms with Crippen LogP contribution in [0.1, 0.15) is 45.8 Å². The number of aromatic amines is 1. The predicted octanol–water partition coefficient (Wildman–Crippen LogP) is 2.74. The van der Waals surface area contributed by atoms with Crippen molar-refractivity contribution < 1.29 is 4.79 Å². The number of fused-ring (bicyclic) bond motifs is 1. The minimum Gasteiger partial charge on any atom is -0.351 e. The molecule has 0 aliphatic rings. The number of aryl methyl sites for hydroxylation is 3. The third kappa shape index (κ3) is 4.46. The lowest BCUT2D eigenvalue weighted by Gasteiger charge is -2.20. The highest BCUT2D eigenvalue weighted by Crippen LogP contribution is 2.19. The number of hydrogen-bond donors (Lipinski definition) is 2. The van der Waals surface area contributed by atoms with Crippen molar-refractivity contribution in [1.82, 2.24) is 24.8 Å². The Morgan fingerprint density at radius 2 is 1.93 bits per heavy atom. The Kier molecular flexibility index (Phi) is 6.41. The van der Waals surface area contributed by atoms with Gasteiger partial charge in [-0.3, -0.25) is 9.59 Å². The zero-order valence-electron chi connectivity index (χ0n) is 18.7. The molecule has 0 radical (unpaired) electrons. The zero-order valence-corrected chi connectivity index (χ0v) is 18.7. The van der Waals surface area contributed by atoms with Crippen molar-refractivity contribution >= 4 is 16.9 Å². The van der Waals surface area contributed by atoms with Crippen LogP contribution in [0.4, 0.5) is 0 Å². The Hall–Kier alpha value is -2.93. The van der Waals surface area contributed by atoms with Gasteiger partial charge in [0, 0.05) is 31.7 Å². The number of imidazole rings is 1. The number of carbonyl (C=O) groups excluding carboxylic acids is 1. The molecule has 0 spiro atoms. The van der Waals surface area contributed by atoms with Crippen molar-refractivity contribution in [2.45, 2.75) is 40.2 Å². The first-order valence-corrected chi connectivity index (χ1v) is 10.3. The Balaban J connectivity index is 1.72. The summed E-state index contributed by atoms with van der Waals surface area (Å²) < 4.78 is 1.63. The molecule has 1 atom stereocenters. The molecule has 1 aromatic carbocycles. The third-order valence-corrected chi connectivity index (χ3v) is 5.53. The summed E-state index contributed by atoms with van der Waals surface area (Å²) >= 11 is 0. The number of carbonyl (C=O) groups is 1. The van der Waals surface area contributed by atoms with Crippen LogP contribution >= 0.6 is 0 Å². The maximum absolute atomic E-state index is 12.9. The maximum Gasteiger partial charge on any atom is 0.263 e. The largest absolute Gasteiger partial charge is 0.351 e. The summed E-state index contributed by atoms with van der Waals surface area (Å²) in [7, 11) is 3.93. The molecule has 1 unspecified atom stereocenters. The van der Waals surface area contributed by atoms with Crippen LogP contribution in [-0.4, -0.2) is 52.5 Å². The molecule has 0 bridgehead atoms. The minimum absolute atomic E-state index is 0.0260. The van der Waals surface area contributed by atoms with Crippen molar-refractivity contribution in [3.63, 3.8) is 0 Å². The van der Waals surface area contributed by atoms with Gasteiger partial charge < -0.3 is 19.8 Å². The quantitative estimate of drug-likeness (QED) is 0.629. The first-order chi connectivity index (χ1) is 14.2. The summed E-state index contributed by atoms with van der Waals surface area (Å²) in [5, 5.41) is 2.88. The number of hydrogen-bond acceptors (Lipinski definition) is 4. The first kappa shape index (κ1) is 21.8. The summed E-state index contributed by atoms with van der Waals surface area (Å²) in [4.78, 5) is 35.7. The number of nitrogens with zero attached hydrogens (tertiary/aromatic N) is 3. The number of amides is 1. The molecule has 2 heterocycles. The second-order valence-corrected chi connectivity index (χ2v) is 8.29. The molecule has 3 aromatic rings. The minimum atomic E-state index is -0.341. The highest BCUT2D eigenvalue weighted by atomic mass is 16.2. The highest BCUT2D eigenvalue weighted by molar-refractivity contribution is 5.95. The molecule has 3 rings (SSSR count). The van der Waals surface area contributed by atoms with E-state index in [1.54, 1.807) is 17.7 Å².